The summed E-state index contributed by atoms with van der Waals surface area (Å²) in [6.45, 7) is 4.32. The lowest BCUT2D eigenvalue weighted by atomic mass is 10.1. The van der Waals surface area contributed by atoms with Gasteiger partial charge in [-0.2, -0.15) is 11.8 Å². The molecule has 2 nitrogen and oxygen atoms in total. The van der Waals surface area contributed by atoms with E-state index in [1.54, 1.807) is 0 Å². The zero-order chi connectivity index (χ0) is 12.8. The van der Waals surface area contributed by atoms with Crippen molar-refractivity contribution >= 4 is 50.6 Å². The number of hydrogen-bond acceptors (Lipinski definition) is 3. The Hall–Kier alpha value is -0.260. The SMILES string of the molecule is CCSCC(C)Nc1ccc(Br)cc1C(N)=S. The fourth-order valence-electron chi connectivity index (χ4n) is 1.45. The third kappa shape index (κ3) is 4.85. The lowest BCUT2D eigenvalue weighted by Crippen LogP contribution is -2.21. The third-order valence-corrected chi connectivity index (χ3v) is 4.08. The van der Waals surface area contributed by atoms with Gasteiger partial charge in [0.15, 0.2) is 0 Å². The van der Waals surface area contributed by atoms with Gasteiger partial charge in [0.2, 0.25) is 0 Å². The number of halogens is 1. The molecule has 0 radical (unpaired) electrons. The Bertz CT molecular complexity index is 396. The van der Waals surface area contributed by atoms with E-state index in [4.69, 9.17) is 18.0 Å². The van der Waals surface area contributed by atoms with Gasteiger partial charge in [0.05, 0.1) is 0 Å². The van der Waals surface area contributed by atoms with Gasteiger partial charge in [-0.3, -0.25) is 0 Å². The predicted molar refractivity (Wildman–Crippen MR) is 86.1 cm³/mol. The molecule has 0 fully saturated rings. The standard InChI is InChI=1S/C12H17BrN2S2/c1-3-17-7-8(2)15-11-5-4-9(13)6-10(11)12(14)16/h4-6,8,15H,3,7H2,1-2H3,(H2,14,16). The monoisotopic (exact) mass is 332 g/mol. The van der Waals surface area contributed by atoms with Crippen LogP contribution in [0.4, 0.5) is 5.69 Å². The number of nitrogens with two attached hydrogens (primary N) is 1. The van der Waals surface area contributed by atoms with Gasteiger partial charge >= 0.3 is 0 Å². The number of nitrogens with one attached hydrogen (secondary N) is 1. The third-order valence-electron chi connectivity index (χ3n) is 2.22. The molecule has 1 rings (SSSR count). The molecular weight excluding hydrogens is 316 g/mol. The molecule has 5 heteroatoms. The van der Waals surface area contributed by atoms with Crippen LogP contribution in [0.5, 0.6) is 0 Å². The van der Waals surface area contributed by atoms with E-state index >= 15 is 0 Å². The van der Waals surface area contributed by atoms with Crippen LogP contribution in [0.1, 0.15) is 19.4 Å². The van der Waals surface area contributed by atoms with E-state index in [9.17, 15) is 0 Å². The fraction of sp³-hybridized carbons (Fsp3) is 0.417. The van der Waals surface area contributed by atoms with E-state index in [2.05, 4.69) is 35.1 Å². The Morgan fingerprint density at radius 2 is 2.29 bits per heavy atom. The predicted octanol–water partition coefficient (Wildman–Crippen LogP) is 3.64. The van der Waals surface area contributed by atoms with Crippen LogP contribution in [0, 0.1) is 0 Å². The first-order valence-corrected chi connectivity index (χ1v) is 7.83. The topological polar surface area (TPSA) is 38.0 Å². The molecular formula is C12H17BrN2S2. The lowest BCUT2D eigenvalue weighted by molar-refractivity contribution is 0.912. The minimum Gasteiger partial charge on any atom is -0.389 e. The maximum absolute atomic E-state index is 5.72. The van der Waals surface area contributed by atoms with Gasteiger partial charge in [-0.1, -0.05) is 35.1 Å². The van der Waals surface area contributed by atoms with E-state index in [1.807, 2.05) is 30.0 Å². The van der Waals surface area contributed by atoms with Crippen LogP contribution in [0.15, 0.2) is 22.7 Å². The quantitative estimate of drug-likeness (QED) is 0.780. The van der Waals surface area contributed by atoms with E-state index in [0.29, 0.717) is 11.0 Å². The first-order chi connectivity index (χ1) is 8.04. The van der Waals surface area contributed by atoms with Crippen LogP contribution in [0.3, 0.4) is 0 Å². The zero-order valence-corrected chi connectivity index (χ0v) is 13.2. The Morgan fingerprint density at radius 3 is 2.88 bits per heavy atom. The summed E-state index contributed by atoms with van der Waals surface area (Å²) < 4.78 is 0.987. The summed E-state index contributed by atoms with van der Waals surface area (Å²) in [5, 5.41) is 3.44. The molecule has 3 N–H and O–H groups in total. The van der Waals surface area contributed by atoms with Crippen LogP contribution in [-0.2, 0) is 0 Å². The molecule has 0 amide bonds. The van der Waals surface area contributed by atoms with Gasteiger partial charge in [-0.25, -0.2) is 0 Å². The van der Waals surface area contributed by atoms with E-state index in [-0.39, 0.29) is 0 Å². The van der Waals surface area contributed by atoms with Gasteiger partial charge in [0.1, 0.15) is 4.99 Å². The minimum atomic E-state index is 0.397. The summed E-state index contributed by atoms with van der Waals surface area (Å²) in [6, 6.07) is 6.34. The highest BCUT2D eigenvalue weighted by Crippen LogP contribution is 2.22. The van der Waals surface area contributed by atoms with Gasteiger partial charge in [-0.05, 0) is 30.9 Å². The average molecular weight is 333 g/mol. The molecule has 94 valence electrons. The van der Waals surface area contributed by atoms with Gasteiger partial charge < -0.3 is 11.1 Å². The molecule has 0 saturated carbocycles. The summed E-state index contributed by atoms with van der Waals surface area (Å²) >= 11 is 10.4. The highest BCUT2D eigenvalue weighted by Gasteiger charge is 2.08. The van der Waals surface area contributed by atoms with Crippen LogP contribution in [0.25, 0.3) is 0 Å². The van der Waals surface area contributed by atoms with E-state index < -0.39 is 0 Å². The highest BCUT2D eigenvalue weighted by atomic mass is 79.9. The Kier molecular flexibility index (Phi) is 6.30. The number of thiocarbonyl (C=S) groups is 1. The summed E-state index contributed by atoms with van der Waals surface area (Å²) in [5.41, 5.74) is 7.62. The number of benzene rings is 1. The normalized spacial score (nSPS) is 12.2. The second-order valence-corrected chi connectivity index (χ2v) is 6.43. The van der Waals surface area contributed by atoms with Crippen molar-refractivity contribution < 1.29 is 0 Å². The zero-order valence-electron chi connectivity index (χ0n) is 10.00. The van der Waals surface area contributed by atoms with Crippen LogP contribution in [-0.4, -0.2) is 22.5 Å². The average Bonchev–Trinajstić information content (AvgIpc) is 2.28. The summed E-state index contributed by atoms with van der Waals surface area (Å²) in [4.78, 5) is 0.421. The Labute approximate surface area is 121 Å². The molecule has 0 aromatic heterocycles. The van der Waals surface area contributed by atoms with E-state index in [0.717, 1.165) is 27.2 Å². The van der Waals surface area contributed by atoms with Crippen molar-refractivity contribution in [3.63, 3.8) is 0 Å². The molecule has 0 aliphatic carbocycles. The molecule has 1 atom stereocenters. The van der Waals surface area contributed by atoms with Crippen LogP contribution < -0.4 is 11.1 Å². The second-order valence-electron chi connectivity index (χ2n) is 3.76. The van der Waals surface area contributed by atoms with Gasteiger partial charge in [-0.15, -0.1) is 0 Å². The second kappa shape index (κ2) is 7.24. The molecule has 17 heavy (non-hydrogen) atoms. The maximum Gasteiger partial charge on any atom is 0.106 e. The summed E-state index contributed by atoms with van der Waals surface area (Å²) in [5.74, 6) is 2.21. The van der Waals surface area contributed by atoms with Crippen molar-refractivity contribution in [2.75, 3.05) is 16.8 Å². The highest BCUT2D eigenvalue weighted by molar-refractivity contribution is 9.10. The van der Waals surface area contributed by atoms with Crippen molar-refractivity contribution in [2.24, 2.45) is 5.73 Å². The summed E-state index contributed by atoms with van der Waals surface area (Å²) in [7, 11) is 0. The largest absolute Gasteiger partial charge is 0.389 e. The first-order valence-electron chi connectivity index (χ1n) is 5.48. The van der Waals surface area contributed by atoms with Crippen molar-refractivity contribution in [1.29, 1.82) is 0 Å². The molecule has 0 saturated heterocycles. The Morgan fingerprint density at radius 1 is 1.59 bits per heavy atom. The maximum atomic E-state index is 5.72. The summed E-state index contributed by atoms with van der Waals surface area (Å²) in [6.07, 6.45) is 0. The number of thioether (sulfide) groups is 1. The van der Waals surface area contributed by atoms with E-state index in [1.165, 1.54) is 0 Å². The fourth-order valence-corrected chi connectivity index (χ4v) is 2.65. The number of hydrogen-bond donors (Lipinski definition) is 2. The van der Waals surface area contributed by atoms with Crippen LogP contribution >= 0.6 is 39.9 Å². The van der Waals surface area contributed by atoms with Crippen molar-refractivity contribution in [2.45, 2.75) is 19.9 Å². The molecule has 1 aromatic rings. The minimum absolute atomic E-state index is 0.397. The van der Waals surface area contributed by atoms with Crippen molar-refractivity contribution in [1.82, 2.24) is 0 Å². The first kappa shape index (κ1) is 14.8. The molecule has 0 heterocycles. The molecule has 0 aliphatic rings. The van der Waals surface area contributed by atoms with Gasteiger partial charge in [0, 0.05) is 27.5 Å². The number of anilines is 1. The van der Waals surface area contributed by atoms with Crippen molar-refractivity contribution in [3.05, 3.63) is 28.2 Å². The molecule has 0 spiro atoms. The Balaban J connectivity index is 2.79. The van der Waals surface area contributed by atoms with Gasteiger partial charge in [0.25, 0.3) is 0 Å². The molecule has 1 aromatic carbocycles. The molecule has 0 aliphatic heterocycles. The molecule has 0 bridgehead atoms. The van der Waals surface area contributed by atoms with Crippen LogP contribution in [0.2, 0.25) is 0 Å². The van der Waals surface area contributed by atoms with Crippen molar-refractivity contribution in [3.8, 4) is 0 Å². The lowest BCUT2D eigenvalue weighted by Gasteiger charge is -2.17. The number of rotatable bonds is 6. The smallest absolute Gasteiger partial charge is 0.106 e. The molecule has 1 unspecified atom stereocenters.